The minimum atomic E-state index is -0.549. The van der Waals surface area contributed by atoms with E-state index < -0.39 is 11.9 Å². The summed E-state index contributed by atoms with van der Waals surface area (Å²) in [5.41, 5.74) is 0.909. The Kier molecular flexibility index (Phi) is 8.45. The molecule has 0 bridgehead atoms. The number of carbonyl (C=O) groups excluding carboxylic acids is 2. The van der Waals surface area contributed by atoms with Crippen molar-refractivity contribution in [3.63, 3.8) is 0 Å². The summed E-state index contributed by atoms with van der Waals surface area (Å²) in [6.45, 7) is 2.53. The zero-order chi connectivity index (χ0) is 21.9. The molecule has 7 nitrogen and oxygen atoms in total. The summed E-state index contributed by atoms with van der Waals surface area (Å²) in [4.78, 5) is 24.5. The van der Waals surface area contributed by atoms with E-state index in [1.807, 2.05) is 13.0 Å². The lowest BCUT2D eigenvalue weighted by Gasteiger charge is -2.10. The quantitative estimate of drug-likeness (QED) is 0.223. The largest absolute Gasteiger partial charge is 0.497 e. The van der Waals surface area contributed by atoms with Gasteiger partial charge in [-0.2, -0.15) is 5.26 Å². The van der Waals surface area contributed by atoms with Crippen molar-refractivity contribution in [1.82, 2.24) is 5.32 Å². The van der Waals surface area contributed by atoms with Gasteiger partial charge in [0.05, 0.1) is 19.8 Å². The maximum atomic E-state index is 12.4. The molecule has 30 heavy (non-hydrogen) atoms. The lowest BCUT2D eigenvalue weighted by molar-refractivity contribution is -0.117. The van der Waals surface area contributed by atoms with Gasteiger partial charge >= 0.3 is 5.97 Å². The molecule has 0 heterocycles. The van der Waals surface area contributed by atoms with Gasteiger partial charge in [0.15, 0.2) is 11.5 Å². The third kappa shape index (κ3) is 6.11. The molecular formula is C23H24N2O5. The fourth-order valence-electron chi connectivity index (χ4n) is 2.53. The highest BCUT2D eigenvalue weighted by molar-refractivity contribution is 6.01. The standard InChI is InChI=1S/C23H24N2O5/c1-4-5-12-25-22(26)18(15-24)13-16-6-11-20(21(14-16)29-3)30-23(27)17-7-9-19(28-2)10-8-17/h6-11,13-14H,4-5,12H2,1-3H3,(H,25,26)/b18-13+. The summed E-state index contributed by atoms with van der Waals surface area (Å²) in [7, 11) is 2.98. The predicted octanol–water partition coefficient (Wildman–Crippen LogP) is 3.75. The molecule has 0 fully saturated rings. The van der Waals surface area contributed by atoms with Crippen molar-refractivity contribution in [2.24, 2.45) is 0 Å². The SMILES string of the molecule is CCCCNC(=O)/C(C#N)=C/c1ccc(OC(=O)c2ccc(OC)cc2)c(OC)c1. The minimum absolute atomic E-state index is 0.0175. The molecule has 0 aliphatic carbocycles. The smallest absolute Gasteiger partial charge is 0.343 e. The summed E-state index contributed by atoms with van der Waals surface area (Å²) < 4.78 is 15.8. The summed E-state index contributed by atoms with van der Waals surface area (Å²) in [6.07, 6.45) is 3.24. The molecule has 0 aliphatic rings. The van der Waals surface area contributed by atoms with Gasteiger partial charge in [0.25, 0.3) is 5.91 Å². The number of ether oxygens (including phenoxy) is 3. The number of nitrogens with one attached hydrogen (secondary N) is 1. The van der Waals surface area contributed by atoms with E-state index in [4.69, 9.17) is 14.2 Å². The number of esters is 1. The highest BCUT2D eigenvalue weighted by atomic mass is 16.6. The Hall–Kier alpha value is -3.79. The summed E-state index contributed by atoms with van der Waals surface area (Å²) in [6, 6.07) is 13.2. The van der Waals surface area contributed by atoms with Crippen molar-refractivity contribution < 1.29 is 23.8 Å². The average Bonchev–Trinajstić information content (AvgIpc) is 2.78. The zero-order valence-electron chi connectivity index (χ0n) is 17.2. The lowest BCUT2D eigenvalue weighted by atomic mass is 10.1. The van der Waals surface area contributed by atoms with Gasteiger partial charge in [-0.3, -0.25) is 4.79 Å². The first-order valence-electron chi connectivity index (χ1n) is 9.46. The molecule has 0 saturated heterocycles. The maximum Gasteiger partial charge on any atom is 0.343 e. The minimum Gasteiger partial charge on any atom is -0.497 e. The first-order chi connectivity index (χ1) is 14.5. The number of rotatable bonds is 9. The van der Waals surface area contributed by atoms with E-state index in [9.17, 15) is 14.9 Å². The van der Waals surface area contributed by atoms with E-state index in [1.54, 1.807) is 49.6 Å². The van der Waals surface area contributed by atoms with Gasteiger partial charge in [-0.15, -0.1) is 0 Å². The van der Waals surface area contributed by atoms with E-state index in [2.05, 4.69) is 5.32 Å². The Morgan fingerprint density at radius 3 is 2.40 bits per heavy atom. The number of hydrogen-bond acceptors (Lipinski definition) is 6. The van der Waals surface area contributed by atoms with Gasteiger partial charge in [0.1, 0.15) is 17.4 Å². The number of nitriles is 1. The van der Waals surface area contributed by atoms with Crippen LogP contribution in [0.15, 0.2) is 48.0 Å². The topological polar surface area (TPSA) is 97.7 Å². The van der Waals surface area contributed by atoms with Gasteiger partial charge in [-0.25, -0.2) is 4.79 Å². The molecule has 0 aromatic heterocycles. The highest BCUT2D eigenvalue weighted by Gasteiger charge is 2.14. The van der Waals surface area contributed by atoms with Gasteiger partial charge in [-0.05, 0) is 54.5 Å². The van der Waals surface area contributed by atoms with E-state index >= 15 is 0 Å². The van der Waals surface area contributed by atoms with Gasteiger partial charge in [0, 0.05) is 6.54 Å². The fourth-order valence-corrected chi connectivity index (χ4v) is 2.53. The van der Waals surface area contributed by atoms with Crippen LogP contribution in [0.3, 0.4) is 0 Å². The second-order valence-corrected chi connectivity index (χ2v) is 6.31. The second-order valence-electron chi connectivity index (χ2n) is 6.31. The Morgan fingerprint density at radius 1 is 1.07 bits per heavy atom. The summed E-state index contributed by atoms with van der Waals surface area (Å²) in [5.74, 6) is 0.176. The number of nitrogens with zero attached hydrogens (tertiary/aromatic N) is 1. The van der Waals surface area contributed by atoms with Crippen LogP contribution in [0, 0.1) is 11.3 Å². The molecule has 0 saturated carbocycles. The zero-order valence-corrected chi connectivity index (χ0v) is 17.2. The van der Waals surface area contributed by atoms with Crippen LogP contribution in [-0.4, -0.2) is 32.6 Å². The van der Waals surface area contributed by atoms with E-state index in [0.29, 0.717) is 29.2 Å². The average molecular weight is 408 g/mol. The Balaban J connectivity index is 2.17. The van der Waals surface area contributed by atoms with Crippen molar-refractivity contribution in [1.29, 1.82) is 5.26 Å². The van der Waals surface area contributed by atoms with Crippen molar-refractivity contribution in [2.45, 2.75) is 19.8 Å². The first kappa shape index (κ1) is 22.5. The van der Waals surface area contributed by atoms with Crippen molar-refractivity contribution in [2.75, 3.05) is 20.8 Å². The normalized spacial score (nSPS) is 10.7. The molecule has 0 radical (unpaired) electrons. The van der Waals surface area contributed by atoms with E-state index in [1.165, 1.54) is 13.2 Å². The summed E-state index contributed by atoms with van der Waals surface area (Å²) in [5, 5.41) is 12.0. The first-order valence-corrected chi connectivity index (χ1v) is 9.46. The molecule has 1 amide bonds. The lowest BCUT2D eigenvalue weighted by Crippen LogP contribution is -2.25. The van der Waals surface area contributed by atoms with E-state index in [-0.39, 0.29) is 11.3 Å². The van der Waals surface area contributed by atoms with Gasteiger partial charge in [-0.1, -0.05) is 19.4 Å². The number of unbranched alkanes of at least 4 members (excludes halogenated alkanes) is 1. The van der Waals surface area contributed by atoms with Gasteiger partial charge < -0.3 is 19.5 Å². The van der Waals surface area contributed by atoms with Crippen LogP contribution < -0.4 is 19.5 Å². The van der Waals surface area contributed by atoms with Crippen molar-refractivity contribution in [3.8, 4) is 23.3 Å². The molecule has 0 spiro atoms. The summed E-state index contributed by atoms with van der Waals surface area (Å²) >= 11 is 0. The predicted molar refractivity (Wildman–Crippen MR) is 112 cm³/mol. The van der Waals surface area contributed by atoms with Crippen LogP contribution in [0.1, 0.15) is 35.7 Å². The molecule has 2 rings (SSSR count). The Labute approximate surface area is 175 Å². The molecule has 2 aromatic rings. The third-order valence-electron chi connectivity index (χ3n) is 4.21. The molecular weight excluding hydrogens is 384 g/mol. The van der Waals surface area contributed by atoms with Crippen LogP contribution in [0.2, 0.25) is 0 Å². The number of amides is 1. The molecule has 0 atom stereocenters. The van der Waals surface area contributed by atoms with Gasteiger partial charge in [0.2, 0.25) is 0 Å². The highest BCUT2D eigenvalue weighted by Crippen LogP contribution is 2.30. The molecule has 0 unspecified atom stereocenters. The number of hydrogen-bond donors (Lipinski definition) is 1. The number of methoxy groups -OCH3 is 2. The van der Waals surface area contributed by atoms with Crippen LogP contribution >= 0.6 is 0 Å². The second kappa shape index (κ2) is 11.3. The van der Waals surface area contributed by atoms with Crippen LogP contribution in [-0.2, 0) is 4.79 Å². The van der Waals surface area contributed by atoms with Crippen LogP contribution in [0.5, 0.6) is 17.2 Å². The van der Waals surface area contributed by atoms with Crippen LogP contribution in [0.4, 0.5) is 0 Å². The third-order valence-corrected chi connectivity index (χ3v) is 4.21. The monoisotopic (exact) mass is 408 g/mol. The number of carbonyl (C=O) groups is 2. The number of benzene rings is 2. The maximum absolute atomic E-state index is 12.4. The van der Waals surface area contributed by atoms with Crippen molar-refractivity contribution >= 4 is 18.0 Å². The van der Waals surface area contributed by atoms with Crippen molar-refractivity contribution in [3.05, 3.63) is 59.2 Å². The van der Waals surface area contributed by atoms with Crippen LogP contribution in [0.25, 0.3) is 6.08 Å². The molecule has 1 N–H and O–H groups in total. The molecule has 7 heteroatoms. The molecule has 2 aromatic carbocycles. The molecule has 156 valence electrons. The molecule has 0 aliphatic heterocycles. The van der Waals surface area contributed by atoms with E-state index in [0.717, 1.165) is 12.8 Å². The Bertz CT molecular complexity index is 959. The fraction of sp³-hybridized carbons (Fsp3) is 0.261. The Morgan fingerprint density at radius 2 is 1.80 bits per heavy atom.